The Morgan fingerprint density at radius 3 is 2.52 bits per heavy atom. The number of hydrogen-bond acceptors (Lipinski definition) is 2. The van der Waals surface area contributed by atoms with Gasteiger partial charge >= 0.3 is 0 Å². The number of rotatable bonds is 3. The van der Waals surface area contributed by atoms with E-state index in [9.17, 15) is 13.6 Å². The Morgan fingerprint density at radius 1 is 1.19 bits per heavy atom. The fraction of sp³-hybridized carbons (Fsp3) is 0.0667. The summed E-state index contributed by atoms with van der Waals surface area (Å²) in [6.45, 7) is 1.45. The predicted molar refractivity (Wildman–Crippen MR) is 81.4 cm³/mol. The van der Waals surface area contributed by atoms with Crippen LogP contribution in [0.25, 0.3) is 0 Å². The van der Waals surface area contributed by atoms with Gasteiger partial charge in [-0.2, -0.15) is 0 Å². The van der Waals surface area contributed by atoms with Crippen LogP contribution in [0.5, 0.6) is 0 Å². The van der Waals surface area contributed by atoms with E-state index in [2.05, 4.69) is 5.32 Å². The maximum Gasteiger partial charge on any atom is 0.261 e. The van der Waals surface area contributed by atoms with Crippen molar-refractivity contribution in [2.75, 3.05) is 5.32 Å². The number of carbonyl (C=O) groups is 1. The zero-order chi connectivity index (χ0) is 15.6. The molecule has 108 valence electrons. The third-order valence-corrected chi connectivity index (χ3v) is 3.17. The van der Waals surface area contributed by atoms with Gasteiger partial charge in [0.05, 0.1) is 5.69 Å². The minimum absolute atomic E-state index is 0.0797. The quantitative estimate of drug-likeness (QED) is 0.857. The monoisotopic (exact) mass is 306 g/mol. The SMILES string of the molecule is Cc1ccc(F)c(C(=O)Nc2ccccc2C(N)=S)c1F. The smallest absolute Gasteiger partial charge is 0.261 e. The number of thiocarbonyl (C=S) groups is 1. The van der Waals surface area contributed by atoms with Crippen molar-refractivity contribution in [3.05, 3.63) is 64.7 Å². The van der Waals surface area contributed by atoms with Crippen LogP contribution in [0.3, 0.4) is 0 Å². The fourth-order valence-electron chi connectivity index (χ4n) is 1.86. The van der Waals surface area contributed by atoms with Crippen molar-refractivity contribution < 1.29 is 13.6 Å². The van der Waals surface area contributed by atoms with E-state index >= 15 is 0 Å². The Hall–Kier alpha value is -2.34. The standard InChI is InChI=1S/C15H12F2N2OS/c1-8-6-7-10(16)12(13(8)17)15(20)19-11-5-3-2-4-9(11)14(18)21/h2-7H,1H3,(H2,18,21)(H,19,20). The molecule has 0 saturated carbocycles. The number of hydrogen-bond donors (Lipinski definition) is 2. The molecular weight excluding hydrogens is 294 g/mol. The molecule has 1 amide bonds. The normalized spacial score (nSPS) is 10.2. The van der Waals surface area contributed by atoms with Crippen LogP contribution in [0.2, 0.25) is 0 Å². The lowest BCUT2D eigenvalue weighted by atomic mass is 10.1. The summed E-state index contributed by atoms with van der Waals surface area (Å²) in [5.41, 5.74) is 5.82. The Balaban J connectivity index is 2.40. The molecule has 0 aromatic heterocycles. The zero-order valence-corrected chi connectivity index (χ0v) is 11.9. The van der Waals surface area contributed by atoms with Crippen molar-refractivity contribution >= 4 is 28.8 Å². The lowest BCUT2D eigenvalue weighted by Crippen LogP contribution is -2.20. The molecule has 0 bridgehead atoms. The number of carbonyl (C=O) groups excluding carboxylic acids is 1. The van der Waals surface area contributed by atoms with E-state index in [0.29, 0.717) is 11.3 Å². The highest BCUT2D eigenvalue weighted by molar-refractivity contribution is 7.80. The summed E-state index contributed by atoms with van der Waals surface area (Å²) in [6, 6.07) is 8.83. The van der Waals surface area contributed by atoms with Gasteiger partial charge in [-0.1, -0.05) is 30.4 Å². The molecular formula is C15H12F2N2OS. The molecule has 0 aliphatic heterocycles. The molecule has 0 saturated heterocycles. The first kappa shape index (κ1) is 15.1. The van der Waals surface area contributed by atoms with Gasteiger partial charge in [-0.05, 0) is 30.7 Å². The molecule has 0 atom stereocenters. The summed E-state index contributed by atoms with van der Waals surface area (Å²) in [4.78, 5) is 12.2. The van der Waals surface area contributed by atoms with Crippen molar-refractivity contribution in [1.29, 1.82) is 0 Å². The molecule has 0 heterocycles. The van der Waals surface area contributed by atoms with Crippen LogP contribution in [0.1, 0.15) is 21.5 Å². The van der Waals surface area contributed by atoms with Gasteiger partial charge in [0, 0.05) is 5.56 Å². The summed E-state index contributed by atoms with van der Waals surface area (Å²) < 4.78 is 27.6. The summed E-state index contributed by atoms with van der Waals surface area (Å²) in [6.07, 6.45) is 0. The largest absolute Gasteiger partial charge is 0.389 e. The molecule has 2 aromatic carbocycles. The van der Waals surface area contributed by atoms with Gasteiger partial charge in [0.25, 0.3) is 5.91 Å². The number of amides is 1. The Labute approximate surface area is 125 Å². The lowest BCUT2D eigenvalue weighted by Gasteiger charge is -2.11. The molecule has 21 heavy (non-hydrogen) atoms. The molecule has 2 rings (SSSR count). The van der Waals surface area contributed by atoms with Crippen LogP contribution in [-0.2, 0) is 0 Å². The maximum absolute atomic E-state index is 13.9. The van der Waals surface area contributed by atoms with Gasteiger partial charge in [0.1, 0.15) is 22.2 Å². The molecule has 0 aliphatic carbocycles. The van der Waals surface area contributed by atoms with Crippen molar-refractivity contribution in [2.24, 2.45) is 5.73 Å². The second-order valence-corrected chi connectivity index (χ2v) is 4.86. The molecule has 6 heteroatoms. The van der Waals surface area contributed by atoms with Crippen molar-refractivity contribution in [3.63, 3.8) is 0 Å². The van der Waals surface area contributed by atoms with Gasteiger partial charge in [-0.15, -0.1) is 0 Å². The van der Waals surface area contributed by atoms with E-state index in [-0.39, 0.29) is 10.6 Å². The van der Waals surface area contributed by atoms with Crippen LogP contribution in [0, 0.1) is 18.6 Å². The first-order valence-corrected chi connectivity index (χ1v) is 6.47. The third kappa shape index (κ3) is 3.05. The van der Waals surface area contributed by atoms with Crippen LogP contribution in [0.4, 0.5) is 14.5 Å². The lowest BCUT2D eigenvalue weighted by molar-refractivity contribution is 0.101. The van der Waals surface area contributed by atoms with E-state index in [1.807, 2.05) is 0 Å². The Morgan fingerprint density at radius 2 is 1.86 bits per heavy atom. The maximum atomic E-state index is 13.9. The summed E-state index contributed by atoms with van der Waals surface area (Å²) >= 11 is 4.87. The van der Waals surface area contributed by atoms with Crippen molar-refractivity contribution in [2.45, 2.75) is 6.92 Å². The van der Waals surface area contributed by atoms with Crippen LogP contribution < -0.4 is 11.1 Å². The van der Waals surface area contributed by atoms with Crippen molar-refractivity contribution in [3.8, 4) is 0 Å². The van der Waals surface area contributed by atoms with Crippen LogP contribution in [0.15, 0.2) is 36.4 Å². The number of halogens is 2. The van der Waals surface area contributed by atoms with Gasteiger partial charge in [-0.3, -0.25) is 4.79 Å². The second-order valence-electron chi connectivity index (χ2n) is 4.42. The van der Waals surface area contributed by atoms with E-state index in [1.54, 1.807) is 24.3 Å². The molecule has 3 N–H and O–H groups in total. The molecule has 0 radical (unpaired) electrons. The fourth-order valence-corrected chi connectivity index (χ4v) is 2.03. The van der Waals surface area contributed by atoms with Gasteiger partial charge in [0.2, 0.25) is 0 Å². The molecule has 0 aliphatic rings. The molecule has 0 spiro atoms. The summed E-state index contributed by atoms with van der Waals surface area (Å²) in [7, 11) is 0. The number of nitrogens with one attached hydrogen (secondary N) is 1. The first-order valence-electron chi connectivity index (χ1n) is 6.06. The van der Waals surface area contributed by atoms with Crippen LogP contribution >= 0.6 is 12.2 Å². The molecule has 0 fully saturated rings. The number of benzene rings is 2. The number of anilines is 1. The molecule has 3 nitrogen and oxygen atoms in total. The Kier molecular flexibility index (Phi) is 4.28. The predicted octanol–water partition coefficient (Wildman–Crippen LogP) is 3.16. The number of para-hydroxylation sites is 1. The summed E-state index contributed by atoms with van der Waals surface area (Å²) in [5.74, 6) is -2.71. The second kappa shape index (κ2) is 5.97. The van der Waals surface area contributed by atoms with Gasteiger partial charge in [-0.25, -0.2) is 8.78 Å². The Bertz CT molecular complexity index is 732. The van der Waals surface area contributed by atoms with Crippen molar-refractivity contribution in [1.82, 2.24) is 0 Å². The first-order chi connectivity index (χ1) is 9.91. The highest BCUT2D eigenvalue weighted by atomic mass is 32.1. The van der Waals surface area contributed by atoms with E-state index < -0.39 is 23.1 Å². The highest BCUT2D eigenvalue weighted by Gasteiger charge is 2.20. The van der Waals surface area contributed by atoms with Crippen LogP contribution in [-0.4, -0.2) is 10.9 Å². The average Bonchev–Trinajstić information content (AvgIpc) is 2.43. The van der Waals surface area contributed by atoms with E-state index in [4.69, 9.17) is 18.0 Å². The minimum Gasteiger partial charge on any atom is -0.389 e. The topological polar surface area (TPSA) is 55.1 Å². The minimum atomic E-state index is -0.927. The number of aryl methyl sites for hydroxylation is 1. The highest BCUT2D eigenvalue weighted by Crippen LogP contribution is 2.20. The summed E-state index contributed by atoms with van der Waals surface area (Å²) in [5, 5.41) is 2.43. The van der Waals surface area contributed by atoms with E-state index in [0.717, 1.165) is 6.07 Å². The van der Waals surface area contributed by atoms with Gasteiger partial charge < -0.3 is 11.1 Å². The molecule has 0 unspecified atom stereocenters. The average molecular weight is 306 g/mol. The zero-order valence-electron chi connectivity index (χ0n) is 11.1. The van der Waals surface area contributed by atoms with E-state index in [1.165, 1.54) is 13.0 Å². The third-order valence-electron chi connectivity index (χ3n) is 2.95. The molecule has 2 aromatic rings. The van der Waals surface area contributed by atoms with Gasteiger partial charge in [0.15, 0.2) is 0 Å². The number of nitrogens with two attached hydrogens (primary N) is 1.